The third-order valence-electron chi connectivity index (χ3n) is 7.24. The van der Waals surface area contributed by atoms with Gasteiger partial charge >= 0.3 is 11.9 Å². The smallest absolute Gasteiger partial charge is 0.343 e. The van der Waals surface area contributed by atoms with E-state index in [1.165, 1.54) is 23.0 Å². The normalized spacial score (nSPS) is 14.2. The number of aromatic nitrogens is 1. The van der Waals surface area contributed by atoms with Crippen molar-refractivity contribution >= 4 is 67.9 Å². The molecule has 1 aliphatic rings. The van der Waals surface area contributed by atoms with Gasteiger partial charge in [0, 0.05) is 13.6 Å². The molecule has 2 heterocycles. The summed E-state index contributed by atoms with van der Waals surface area (Å²) in [5, 5.41) is 0. The average Bonchev–Trinajstić information content (AvgIpc) is 3.37. The maximum Gasteiger partial charge on any atom is 0.343 e. The number of ether oxygens (including phenoxy) is 5. The molecule has 13 heteroatoms. The molecule has 48 heavy (non-hydrogen) atoms. The second kappa shape index (κ2) is 16.0. The lowest BCUT2D eigenvalue weighted by Crippen LogP contribution is -2.40. The maximum atomic E-state index is 14.3. The summed E-state index contributed by atoms with van der Waals surface area (Å²) >= 11 is 7.01. The van der Waals surface area contributed by atoms with E-state index in [-0.39, 0.29) is 24.3 Å². The summed E-state index contributed by atoms with van der Waals surface area (Å²) in [6.07, 6.45) is 1.77. The van der Waals surface area contributed by atoms with Crippen molar-refractivity contribution in [3.05, 3.63) is 116 Å². The zero-order valence-electron chi connectivity index (χ0n) is 26.6. The van der Waals surface area contributed by atoms with Gasteiger partial charge in [-0.15, -0.1) is 0 Å². The molecule has 10 nitrogen and oxygen atoms in total. The molecular formula is C35H32BrIN2O8S. The molecule has 0 N–H and O–H groups in total. The second-order valence-electron chi connectivity index (χ2n) is 10.4. The van der Waals surface area contributed by atoms with Crippen LogP contribution in [0.5, 0.6) is 17.2 Å². The van der Waals surface area contributed by atoms with E-state index in [1.807, 2.05) is 49.4 Å². The van der Waals surface area contributed by atoms with E-state index in [1.54, 1.807) is 38.1 Å². The number of methoxy groups -OCH3 is 1. The summed E-state index contributed by atoms with van der Waals surface area (Å²) in [6, 6.07) is 17.8. The average molecular weight is 848 g/mol. The Morgan fingerprint density at radius 3 is 2.44 bits per heavy atom. The van der Waals surface area contributed by atoms with Crippen LogP contribution in [0.15, 0.2) is 86.2 Å². The van der Waals surface area contributed by atoms with Crippen LogP contribution in [0.2, 0.25) is 0 Å². The lowest BCUT2D eigenvalue weighted by Gasteiger charge is -2.25. The minimum absolute atomic E-state index is 0.144. The summed E-state index contributed by atoms with van der Waals surface area (Å²) in [5.74, 6) is 0.115. The lowest BCUT2D eigenvalue weighted by molar-refractivity contribution is -0.143. The molecule has 0 saturated heterocycles. The minimum Gasteiger partial charge on any atom is -0.490 e. The number of benzene rings is 3. The Bertz CT molecular complexity index is 2060. The largest absolute Gasteiger partial charge is 0.490 e. The third-order valence-corrected chi connectivity index (χ3v) is 9.43. The van der Waals surface area contributed by atoms with Crippen molar-refractivity contribution in [2.75, 3.05) is 26.9 Å². The third kappa shape index (κ3) is 8.01. The number of hydrogen-bond donors (Lipinski definition) is 0. The van der Waals surface area contributed by atoms with Gasteiger partial charge in [0.1, 0.15) is 12.4 Å². The van der Waals surface area contributed by atoms with E-state index in [0.717, 1.165) is 13.6 Å². The predicted molar refractivity (Wildman–Crippen MR) is 193 cm³/mol. The first-order chi connectivity index (χ1) is 23.1. The molecule has 5 rings (SSSR count). The van der Waals surface area contributed by atoms with Crippen LogP contribution in [0.3, 0.4) is 0 Å². The van der Waals surface area contributed by atoms with Crippen LogP contribution in [-0.2, 0) is 25.7 Å². The summed E-state index contributed by atoms with van der Waals surface area (Å²) in [7, 11) is 1.27. The molecule has 0 amide bonds. The SMILES string of the molecule is CCOC(=O)C1=C(C)N=c2s/c(=C\c3cc(Br)ccc3OCc3ccc(I)cc3)c(=O)n2[C@@H]1c1ccc(OCC(=O)OC)c(OCC)c1. The molecule has 1 aliphatic heterocycles. The van der Waals surface area contributed by atoms with Crippen LogP contribution < -0.4 is 29.1 Å². The van der Waals surface area contributed by atoms with E-state index in [0.29, 0.717) is 56.6 Å². The summed E-state index contributed by atoms with van der Waals surface area (Å²) in [4.78, 5) is 44.5. The van der Waals surface area contributed by atoms with Gasteiger partial charge in [0.2, 0.25) is 0 Å². The number of carbonyl (C=O) groups is 2. The molecule has 1 atom stereocenters. The van der Waals surface area contributed by atoms with E-state index in [2.05, 4.69) is 43.5 Å². The Kier molecular flexibility index (Phi) is 11.8. The molecular weight excluding hydrogens is 815 g/mol. The fraction of sp³-hybridized carbons (Fsp3) is 0.257. The van der Waals surface area contributed by atoms with Crippen molar-refractivity contribution in [2.24, 2.45) is 4.99 Å². The zero-order chi connectivity index (χ0) is 34.4. The molecule has 4 aromatic rings. The number of halogens is 2. The van der Waals surface area contributed by atoms with Gasteiger partial charge in [-0.25, -0.2) is 14.6 Å². The highest BCUT2D eigenvalue weighted by molar-refractivity contribution is 14.1. The van der Waals surface area contributed by atoms with E-state index < -0.39 is 18.0 Å². The van der Waals surface area contributed by atoms with Gasteiger partial charge in [0.15, 0.2) is 22.9 Å². The van der Waals surface area contributed by atoms with Crippen molar-refractivity contribution in [3.63, 3.8) is 0 Å². The van der Waals surface area contributed by atoms with Gasteiger partial charge in [0.25, 0.3) is 5.56 Å². The molecule has 1 aromatic heterocycles. The van der Waals surface area contributed by atoms with Crippen molar-refractivity contribution in [3.8, 4) is 17.2 Å². The summed E-state index contributed by atoms with van der Waals surface area (Å²) in [6.45, 7) is 5.74. The monoisotopic (exact) mass is 846 g/mol. The van der Waals surface area contributed by atoms with Crippen LogP contribution in [0, 0.1) is 3.57 Å². The Morgan fingerprint density at radius 2 is 1.73 bits per heavy atom. The highest BCUT2D eigenvalue weighted by Crippen LogP contribution is 2.36. The molecule has 0 aliphatic carbocycles. The van der Waals surface area contributed by atoms with Gasteiger partial charge in [0.05, 0.1) is 42.2 Å². The Labute approximate surface area is 302 Å². The van der Waals surface area contributed by atoms with Crippen LogP contribution in [0.1, 0.15) is 43.5 Å². The summed E-state index contributed by atoms with van der Waals surface area (Å²) in [5.41, 5.74) is 2.59. The van der Waals surface area contributed by atoms with Crippen LogP contribution in [0.4, 0.5) is 0 Å². The van der Waals surface area contributed by atoms with Crippen LogP contribution in [-0.4, -0.2) is 43.4 Å². The van der Waals surface area contributed by atoms with Gasteiger partial charge in [-0.1, -0.05) is 45.5 Å². The number of nitrogens with zero attached hydrogens (tertiary/aromatic N) is 2. The van der Waals surface area contributed by atoms with Gasteiger partial charge < -0.3 is 23.7 Å². The Morgan fingerprint density at radius 1 is 0.979 bits per heavy atom. The molecule has 0 saturated carbocycles. The molecule has 0 bridgehead atoms. The topological polar surface area (TPSA) is 115 Å². The van der Waals surface area contributed by atoms with E-state index in [4.69, 9.17) is 23.7 Å². The van der Waals surface area contributed by atoms with Crippen molar-refractivity contribution in [2.45, 2.75) is 33.4 Å². The zero-order valence-corrected chi connectivity index (χ0v) is 31.1. The molecule has 0 fully saturated rings. The number of fused-ring (bicyclic) bond motifs is 1. The fourth-order valence-corrected chi connectivity index (χ4v) is 6.81. The predicted octanol–water partition coefficient (Wildman–Crippen LogP) is 5.69. The number of carbonyl (C=O) groups excluding carboxylic acids is 2. The Hall–Kier alpha value is -3.95. The van der Waals surface area contributed by atoms with Crippen molar-refractivity contribution < 1.29 is 33.3 Å². The van der Waals surface area contributed by atoms with Crippen molar-refractivity contribution in [1.82, 2.24) is 4.57 Å². The number of allylic oxidation sites excluding steroid dienone is 1. The van der Waals surface area contributed by atoms with E-state index in [9.17, 15) is 14.4 Å². The molecule has 3 aromatic carbocycles. The molecule has 250 valence electrons. The van der Waals surface area contributed by atoms with E-state index >= 15 is 0 Å². The van der Waals surface area contributed by atoms with Gasteiger partial charge in [-0.2, -0.15) is 0 Å². The number of thiazole rings is 1. The molecule has 0 unspecified atom stereocenters. The van der Waals surface area contributed by atoms with Crippen LogP contribution >= 0.6 is 49.9 Å². The second-order valence-corrected chi connectivity index (χ2v) is 13.6. The first-order valence-corrected chi connectivity index (χ1v) is 17.6. The first kappa shape index (κ1) is 35.4. The fourth-order valence-electron chi connectivity index (χ4n) is 5.03. The highest BCUT2D eigenvalue weighted by atomic mass is 127. The quantitative estimate of drug-likeness (QED) is 0.132. The number of hydrogen-bond acceptors (Lipinski definition) is 10. The van der Waals surface area contributed by atoms with Gasteiger partial charge in [-0.05, 0) is 103 Å². The highest BCUT2D eigenvalue weighted by Gasteiger charge is 2.34. The molecule has 0 radical (unpaired) electrons. The standard InChI is InChI=1S/C35H32BrIN2O8S/c1-5-44-28-16-22(9-13-27(28)47-19-30(40)43-4)32-31(34(42)45-6-2)20(3)38-35-39(32)33(41)29(48-35)17-23-15-24(36)10-14-26(23)46-18-21-7-11-25(37)12-8-21/h7-17,32H,5-6,18-19H2,1-4H3/b29-17-/t32-/m1/s1. The first-order valence-electron chi connectivity index (χ1n) is 15.0. The number of rotatable bonds is 12. The van der Waals surface area contributed by atoms with Crippen LogP contribution in [0.25, 0.3) is 6.08 Å². The molecule has 0 spiro atoms. The van der Waals surface area contributed by atoms with Gasteiger partial charge in [-0.3, -0.25) is 9.36 Å². The minimum atomic E-state index is -0.879. The van der Waals surface area contributed by atoms with Crippen molar-refractivity contribution in [1.29, 1.82) is 0 Å². The Balaban J connectivity index is 1.61. The number of esters is 2. The maximum absolute atomic E-state index is 14.3. The lowest BCUT2D eigenvalue weighted by atomic mass is 9.95. The summed E-state index contributed by atoms with van der Waals surface area (Å²) < 4.78 is 31.7.